The highest BCUT2D eigenvalue weighted by molar-refractivity contribution is 7.90. The Morgan fingerprint density at radius 2 is 1.10 bits per heavy atom. The van der Waals surface area contributed by atoms with E-state index in [1.807, 2.05) is 0 Å². The smallest absolute Gasteiger partial charge is 0.272 e. The molecular weight excluding hydrogens is 304 g/mol. The van der Waals surface area contributed by atoms with E-state index in [4.69, 9.17) is 0 Å². The summed E-state index contributed by atoms with van der Waals surface area (Å²) in [5, 5.41) is 0. The summed E-state index contributed by atoms with van der Waals surface area (Å²) in [6, 6.07) is 0. The molecule has 0 fully saturated rings. The highest BCUT2D eigenvalue weighted by Crippen LogP contribution is 2.42. The van der Waals surface area contributed by atoms with Crippen LogP contribution in [-0.4, -0.2) is 36.4 Å². The molecule has 0 aliphatic carbocycles. The van der Waals surface area contributed by atoms with Crippen LogP contribution in [-0.2, 0) is 20.2 Å². The van der Waals surface area contributed by atoms with Crippen molar-refractivity contribution in [1.82, 2.24) is 0 Å². The predicted octanol–water partition coefficient (Wildman–Crippen LogP) is 2.09. The van der Waals surface area contributed by atoms with Crippen molar-refractivity contribution >= 4 is 20.2 Å². The predicted molar refractivity (Wildman–Crippen MR) is 78.7 cm³/mol. The van der Waals surface area contributed by atoms with E-state index >= 15 is 0 Å². The van der Waals surface area contributed by atoms with Crippen LogP contribution in [0.5, 0.6) is 0 Å². The Morgan fingerprint density at radius 1 is 0.800 bits per heavy atom. The third-order valence-corrected chi connectivity index (χ3v) is 7.30. The summed E-state index contributed by atoms with van der Waals surface area (Å²) in [6.45, 7) is 10.2. The summed E-state index contributed by atoms with van der Waals surface area (Å²) in [6.07, 6.45) is 0. The highest BCUT2D eigenvalue weighted by atomic mass is 32.2. The van der Waals surface area contributed by atoms with Crippen LogP contribution in [0.3, 0.4) is 0 Å². The van der Waals surface area contributed by atoms with Gasteiger partial charge in [-0.25, -0.2) is 0 Å². The lowest BCUT2D eigenvalue weighted by Gasteiger charge is -2.43. The van der Waals surface area contributed by atoms with Crippen molar-refractivity contribution in [3.8, 4) is 0 Å². The Morgan fingerprint density at radius 3 is 1.25 bits per heavy atom. The van der Waals surface area contributed by atoms with Gasteiger partial charge in [-0.2, -0.15) is 16.8 Å². The van der Waals surface area contributed by atoms with E-state index in [2.05, 4.69) is 0 Å². The molecule has 0 rings (SSSR count). The van der Waals surface area contributed by atoms with Gasteiger partial charge in [0, 0.05) is 0 Å². The van der Waals surface area contributed by atoms with Crippen LogP contribution < -0.4 is 0 Å². The van der Waals surface area contributed by atoms with Crippen molar-refractivity contribution < 1.29 is 25.9 Å². The van der Waals surface area contributed by atoms with E-state index in [1.54, 1.807) is 41.5 Å². The molecule has 0 aliphatic rings. The summed E-state index contributed by atoms with van der Waals surface area (Å²) < 4.78 is 63.6. The van der Waals surface area contributed by atoms with Crippen molar-refractivity contribution in [3.63, 3.8) is 0 Å². The first-order chi connectivity index (χ1) is 8.67. The molecule has 6 nitrogen and oxygen atoms in total. The molecule has 0 aromatic rings. The Labute approximate surface area is 122 Å². The average Bonchev–Trinajstić information content (AvgIpc) is 2.20. The second-order valence-electron chi connectivity index (χ2n) is 6.22. The van der Waals surface area contributed by atoms with Gasteiger partial charge in [0.25, 0.3) is 20.2 Å². The maximum absolute atomic E-state index is 12.0. The summed E-state index contributed by atoms with van der Waals surface area (Å²) >= 11 is 0. The molecule has 0 aromatic heterocycles. The van der Waals surface area contributed by atoms with Gasteiger partial charge in [0.2, 0.25) is 0 Å². The van der Waals surface area contributed by atoms with E-state index in [0.717, 1.165) is 0 Å². The Bertz CT molecular complexity index is 504. The van der Waals surface area contributed by atoms with Gasteiger partial charge < -0.3 is 0 Å². The molecule has 2 N–H and O–H groups in total. The summed E-state index contributed by atoms with van der Waals surface area (Å²) in [5.74, 6) is -2.65. The van der Waals surface area contributed by atoms with E-state index in [9.17, 15) is 25.9 Å². The molecule has 0 aromatic carbocycles. The minimum Gasteiger partial charge on any atom is -0.285 e. The van der Waals surface area contributed by atoms with Gasteiger partial charge in [0.05, 0.1) is 5.75 Å². The van der Waals surface area contributed by atoms with Crippen LogP contribution in [0, 0.1) is 23.7 Å². The number of rotatable bonds is 7. The van der Waals surface area contributed by atoms with Crippen molar-refractivity contribution in [1.29, 1.82) is 0 Å². The lowest BCUT2D eigenvalue weighted by Crippen LogP contribution is -2.57. The molecule has 0 radical (unpaired) electrons. The van der Waals surface area contributed by atoms with Gasteiger partial charge in [-0.1, -0.05) is 41.5 Å². The van der Waals surface area contributed by atoms with Gasteiger partial charge in [-0.3, -0.25) is 9.11 Å². The zero-order valence-electron chi connectivity index (χ0n) is 12.9. The largest absolute Gasteiger partial charge is 0.285 e. The molecule has 122 valence electrons. The highest BCUT2D eigenvalue weighted by Gasteiger charge is 2.55. The van der Waals surface area contributed by atoms with E-state index in [1.165, 1.54) is 0 Å². The van der Waals surface area contributed by atoms with Gasteiger partial charge in [-0.05, 0) is 23.7 Å². The third-order valence-electron chi connectivity index (χ3n) is 4.43. The van der Waals surface area contributed by atoms with Crippen LogP contribution in [0.1, 0.15) is 41.5 Å². The van der Waals surface area contributed by atoms with E-state index < -0.39 is 42.6 Å². The molecule has 0 saturated carbocycles. The summed E-state index contributed by atoms with van der Waals surface area (Å²) in [7, 11) is -9.25. The van der Waals surface area contributed by atoms with E-state index in [0.29, 0.717) is 0 Å². The molecule has 0 heterocycles. The Kier molecular flexibility index (Phi) is 6.24. The molecule has 0 spiro atoms. The van der Waals surface area contributed by atoms with Crippen molar-refractivity contribution in [2.24, 2.45) is 23.7 Å². The first-order valence-corrected chi connectivity index (χ1v) is 9.64. The molecule has 2 unspecified atom stereocenters. The van der Waals surface area contributed by atoms with Crippen LogP contribution in [0.2, 0.25) is 0 Å². The second kappa shape index (κ2) is 6.29. The average molecular weight is 330 g/mol. The molecule has 0 aliphatic heterocycles. The SMILES string of the molecule is CC(C)C(C)C(CS(=O)(=O)O)(C(C)C(C)C)S(=O)(=O)O. The lowest BCUT2D eigenvalue weighted by molar-refractivity contribution is 0.193. The fourth-order valence-corrected chi connectivity index (χ4v) is 6.26. The molecular formula is C12H26O6S2. The fourth-order valence-electron chi connectivity index (χ4n) is 2.64. The van der Waals surface area contributed by atoms with Gasteiger partial charge in [0.15, 0.2) is 0 Å². The topological polar surface area (TPSA) is 109 Å². The number of hydrogen-bond donors (Lipinski definition) is 2. The quantitative estimate of drug-likeness (QED) is 0.692. The lowest BCUT2D eigenvalue weighted by atomic mass is 9.74. The zero-order chi connectivity index (χ0) is 16.5. The monoisotopic (exact) mass is 330 g/mol. The normalized spacial score (nSPS) is 19.9. The first kappa shape index (κ1) is 19.8. The third kappa shape index (κ3) is 4.16. The molecule has 0 amide bonds. The Balaban J connectivity index is 6.35. The Hall–Kier alpha value is -0.180. The molecule has 8 heteroatoms. The molecule has 20 heavy (non-hydrogen) atoms. The fraction of sp³-hybridized carbons (Fsp3) is 1.00. The van der Waals surface area contributed by atoms with E-state index in [-0.39, 0.29) is 11.8 Å². The molecule has 0 saturated heterocycles. The minimum atomic E-state index is -4.69. The standard InChI is InChI=1S/C12H26O6S2/c1-8(2)10(5)12(20(16,17)18,7-19(13,14)15)11(6)9(3)4/h8-11H,7H2,1-6H3,(H,13,14,15)(H,16,17,18). The van der Waals surface area contributed by atoms with Crippen molar-refractivity contribution in [2.75, 3.05) is 5.75 Å². The van der Waals surface area contributed by atoms with Crippen molar-refractivity contribution in [3.05, 3.63) is 0 Å². The maximum atomic E-state index is 12.0. The molecule has 0 bridgehead atoms. The van der Waals surface area contributed by atoms with Gasteiger partial charge >= 0.3 is 0 Å². The van der Waals surface area contributed by atoms with Crippen molar-refractivity contribution in [2.45, 2.75) is 46.3 Å². The number of hydrogen-bond acceptors (Lipinski definition) is 4. The maximum Gasteiger partial charge on any atom is 0.272 e. The first-order valence-electron chi connectivity index (χ1n) is 6.59. The summed E-state index contributed by atoms with van der Waals surface area (Å²) in [5.41, 5.74) is 0. The van der Waals surface area contributed by atoms with Gasteiger partial charge in [0.1, 0.15) is 4.75 Å². The molecule has 2 atom stereocenters. The minimum absolute atomic E-state index is 0.181. The van der Waals surface area contributed by atoms with Crippen LogP contribution >= 0.6 is 0 Å². The van der Waals surface area contributed by atoms with Gasteiger partial charge in [-0.15, -0.1) is 0 Å². The van der Waals surface area contributed by atoms with Crippen LogP contribution in [0.25, 0.3) is 0 Å². The van der Waals surface area contributed by atoms with Crippen LogP contribution in [0.15, 0.2) is 0 Å². The second-order valence-corrected chi connectivity index (χ2v) is 9.38. The summed E-state index contributed by atoms with van der Waals surface area (Å²) in [4.78, 5) is 0. The van der Waals surface area contributed by atoms with Crippen LogP contribution in [0.4, 0.5) is 0 Å². The zero-order valence-corrected chi connectivity index (χ0v) is 14.5.